The first kappa shape index (κ1) is 22.1. The summed E-state index contributed by atoms with van der Waals surface area (Å²) in [6, 6.07) is 2.94. The minimum Gasteiger partial charge on any atom is -0.342 e. The van der Waals surface area contributed by atoms with Gasteiger partial charge in [-0.3, -0.25) is 14.3 Å². The highest BCUT2D eigenvalue weighted by Crippen LogP contribution is 2.48. The third-order valence-electron chi connectivity index (χ3n) is 6.61. The largest absolute Gasteiger partial charge is 0.434 e. The minimum absolute atomic E-state index is 0.120. The highest BCUT2D eigenvalue weighted by Gasteiger charge is 2.46. The molecule has 2 N–H and O–H groups in total. The van der Waals surface area contributed by atoms with Crippen LogP contribution in [0.2, 0.25) is 0 Å². The number of piperidine rings is 1. The van der Waals surface area contributed by atoms with Gasteiger partial charge in [0, 0.05) is 37.3 Å². The van der Waals surface area contributed by atoms with Gasteiger partial charge in [-0.25, -0.2) is 4.98 Å². The summed E-state index contributed by atoms with van der Waals surface area (Å²) < 4.78 is 41.1. The maximum atomic E-state index is 13.2. The van der Waals surface area contributed by atoms with E-state index < -0.39 is 11.9 Å². The van der Waals surface area contributed by atoms with E-state index in [2.05, 4.69) is 21.8 Å². The first-order valence-corrected chi connectivity index (χ1v) is 11.2. The molecule has 0 amide bonds. The summed E-state index contributed by atoms with van der Waals surface area (Å²) >= 11 is 0.740. The number of nitrogens with two attached hydrogens (primary N) is 1. The Morgan fingerprint density at radius 2 is 1.94 bits per heavy atom. The molecular weight excluding hydrogens is 427 g/mol. The SMILES string of the molecule is C[C@H]1C[C@@H](N)C2(CCN(c3ncc(Sc4cccnc4C(F)(F)F)c(=O)n3C)CC2)C1. The highest BCUT2D eigenvalue weighted by atomic mass is 32.2. The first-order chi connectivity index (χ1) is 14.6. The number of nitrogens with zero attached hydrogens (tertiary/aromatic N) is 4. The highest BCUT2D eigenvalue weighted by molar-refractivity contribution is 7.99. The molecule has 1 aliphatic heterocycles. The third kappa shape index (κ3) is 4.19. The van der Waals surface area contributed by atoms with Gasteiger partial charge in [0.15, 0.2) is 5.69 Å². The molecule has 1 spiro atoms. The molecule has 2 fully saturated rings. The van der Waals surface area contributed by atoms with Gasteiger partial charge in [0.05, 0.1) is 11.1 Å². The van der Waals surface area contributed by atoms with E-state index in [0.29, 0.717) is 11.9 Å². The zero-order valence-electron chi connectivity index (χ0n) is 17.5. The summed E-state index contributed by atoms with van der Waals surface area (Å²) in [5.41, 5.74) is 5.22. The van der Waals surface area contributed by atoms with E-state index in [9.17, 15) is 18.0 Å². The molecule has 1 saturated carbocycles. The van der Waals surface area contributed by atoms with Crippen molar-refractivity contribution in [2.24, 2.45) is 24.1 Å². The van der Waals surface area contributed by atoms with E-state index in [4.69, 9.17) is 5.73 Å². The fourth-order valence-electron chi connectivity index (χ4n) is 5.02. The summed E-state index contributed by atoms with van der Waals surface area (Å²) in [6.07, 6.45) is 1.96. The van der Waals surface area contributed by atoms with Crippen LogP contribution in [0.1, 0.15) is 38.3 Å². The smallest absolute Gasteiger partial charge is 0.342 e. The lowest BCUT2D eigenvalue weighted by atomic mass is 9.74. The summed E-state index contributed by atoms with van der Waals surface area (Å²) in [5.74, 6) is 1.17. The molecule has 0 aromatic carbocycles. The maximum Gasteiger partial charge on any atom is 0.434 e. The second kappa shape index (κ2) is 8.12. The Labute approximate surface area is 183 Å². The van der Waals surface area contributed by atoms with E-state index in [1.165, 1.54) is 22.9 Å². The standard InChI is InChI=1S/C21H26F3N5OS/c1-13-10-16(25)20(11-13)5-8-29(9-6-20)19-27-12-15(18(30)28(19)2)31-14-4-3-7-26-17(14)21(22,23)24/h3-4,7,12-13,16H,5-6,8-11,25H2,1-2H3/t13-,16+/m0/s1. The van der Waals surface area contributed by atoms with Gasteiger partial charge >= 0.3 is 6.18 Å². The zero-order valence-corrected chi connectivity index (χ0v) is 18.3. The van der Waals surface area contributed by atoms with Gasteiger partial charge in [0.2, 0.25) is 5.95 Å². The molecule has 2 aromatic rings. The molecule has 0 bridgehead atoms. The molecule has 2 aliphatic rings. The van der Waals surface area contributed by atoms with Crippen molar-refractivity contribution in [2.45, 2.75) is 54.6 Å². The van der Waals surface area contributed by atoms with Gasteiger partial charge in [-0.15, -0.1) is 0 Å². The Morgan fingerprint density at radius 1 is 1.23 bits per heavy atom. The Balaban J connectivity index is 1.54. The van der Waals surface area contributed by atoms with Gasteiger partial charge in [-0.1, -0.05) is 18.7 Å². The van der Waals surface area contributed by atoms with Gasteiger partial charge in [-0.2, -0.15) is 13.2 Å². The quantitative estimate of drug-likeness (QED) is 0.764. The van der Waals surface area contributed by atoms with Crippen molar-refractivity contribution in [1.82, 2.24) is 14.5 Å². The van der Waals surface area contributed by atoms with Crippen LogP contribution in [0.15, 0.2) is 39.1 Å². The van der Waals surface area contributed by atoms with Crippen molar-refractivity contribution in [1.29, 1.82) is 0 Å². The fraction of sp³-hybridized carbons (Fsp3) is 0.571. The van der Waals surface area contributed by atoms with Crippen LogP contribution in [0.3, 0.4) is 0 Å². The molecule has 168 valence electrons. The zero-order chi connectivity index (χ0) is 22.4. The molecule has 4 rings (SSSR count). The molecule has 3 heterocycles. The average Bonchev–Trinajstić information content (AvgIpc) is 2.99. The minimum atomic E-state index is -4.59. The maximum absolute atomic E-state index is 13.2. The lowest BCUT2D eigenvalue weighted by Crippen LogP contribution is -2.48. The predicted molar refractivity (Wildman–Crippen MR) is 113 cm³/mol. The Morgan fingerprint density at radius 3 is 2.55 bits per heavy atom. The van der Waals surface area contributed by atoms with Crippen LogP contribution in [0.4, 0.5) is 19.1 Å². The van der Waals surface area contributed by atoms with Gasteiger partial charge in [0.1, 0.15) is 0 Å². The number of hydrogen-bond donors (Lipinski definition) is 1. The molecule has 2 atom stereocenters. The van der Waals surface area contributed by atoms with E-state index in [1.54, 1.807) is 7.05 Å². The van der Waals surface area contributed by atoms with Crippen LogP contribution in [-0.4, -0.2) is 33.7 Å². The summed E-state index contributed by atoms with van der Waals surface area (Å²) in [6.45, 7) is 3.76. The molecule has 10 heteroatoms. The van der Waals surface area contributed by atoms with E-state index in [1.807, 2.05) is 0 Å². The van der Waals surface area contributed by atoms with Crippen LogP contribution in [-0.2, 0) is 13.2 Å². The van der Waals surface area contributed by atoms with E-state index in [-0.39, 0.29) is 26.8 Å². The molecular formula is C21H26F3N5OS. The van der Waals surface area contributed by atoms with Crippen LogP contribution in [0, 0.1) is 11.3 Å². The van der Waals surface area contributed by atoms with Crippen LogP contribution in [0.5, 0.6) is 0 Å². The number of hydrogen-bond acceptors (Lipinski definition) is 6. The average molecular weight is 454 g/mol. The molecule has 2 aromatic heterocycles. The number of aromatic nitrogens is 3. The number of anilines is 1. The Bertz CT molecular complexity index is 1020. The van der Waals surface area contributed by atoms with Crippen molar-refractivity contribution in [3.8, 4) is 0 Å². The van der Waals surface area contributed by atoms with E-state index >= 15 is 0 Å². The molecule has 1 saturated heterocycles. The second-order valence-electron chi connectivity index (χ2n) is 8.74. The molecule has 31 heavy (non-hydrogen) atoms. The van der Waals surface area contributed by atoms with Gasteiger partial charge in [0.25, 0.3) is 5.56 Å². The van der Waals surface area contributed by atoms with Crippen molar-refractivity contribution in [3.63, 3.8) is 0 Å². The monoisotopic (exact) mass is 453 g/mol. The van der Waals surface area contributed by atoms with Crippen LogP contribution < -0.4 is 16.2 Å². The summed E-state index contributed by atoms with van der Waals surface area (Å²) in [4.78, 5) is 22.9. The predicted octanol–water partition coefficient (Wildman–Crippen LogP) is 3.69. The lowest BCUT2D eigenvalue weighted by Gasteiger charge is -2.42. The fourth-order valence-corrected chi connectivity index (χ4v) is 6.00. The topological polar surface area (TPSA) is 77.0 Å². The molecule has 6 nitrogen and oxygen atoms in total. The molecule has 0 radical (unpaired) electrons. The number of pyridine rings is 1. The third-order valence-corrected chi connectivity index (χ3v) is 7.66. The Hall–Kier alpha value is -2.07. The Kier molecular flexibility index (Phi) is 5.80. The van der Waals surface area contributed by atoms with Crippen molar-refractivity contribution < 1.29 is 13.2 Å². The number of rotatable bonds is 3. The van der Waals surface area contributed by atoms with Crippen molar-refractivity contribution in [2.75, 3.05) is 18.0 Å². The van der Waals surface area contributed by atoms with Gasteiger partial charge in [-0.05, 0) is 49.1 Å². The number of halogens is 3. The van der Waals surface area contributed by atoms with Crippen molar-refractivity contribution in [3.05, 3.63) is 40.6 Å². The molecule has 1 aliphatic carbocycles. The first-order valence-electron chi connectivity index (χ1n) is 10.4. The summed E-state index contributed by atoms with van der Waals surface area (Å²) in [5, 5.41) is 0. The van der Waals surface area contributed by atoms with Crippen LogP contribution >= 0.6 is 11.8 Å². The van der Waals surface area contributed by atoms with Gasteiger partial charge < -0.3 is 10.6 Å². The normalized spacial score (nSPS) is 23.5. The number of alkyl halides is 3. The summed E-state index contributed by atoms with van der Waals surface area (Å²) in [7, 11) is 1.61. The lowest BCUT2D eigenvalue weighted by molar-refractivity contribution is -0.143. The molecule has 0 unspecified atom stereocenters. The van der Waals surface area contributed by atoms with E-state index in [0.717, 1.165) is 56.7 Å². The van der Waals surface area contributed by atoms with Crippen LogP contribution in [0.25, 0.3) is 0 Å². The van der Waals surface area contributed by atoms with Crippen molar-refractivity contribution >= 4 is 17.7 Å². The second-order valence-corrected chi connectivity index (χ2v) is 9.82.